The highest BCUT2D eigenvalue weighted by atomic mass is 79.9. The van der Waals surface area contributed by atoms with Crippen LogP contribution >= 0.6 is 15.9 Å². The summed E-state index contributed by atoms with van der Waals surface area (Å²) in [7, 11) is 4.42. The number of piperidine rings is 1. The van der Waals surface area contributed by atoms with Gasteiger partial charge in [-0.25, -0.2) is 0 Å². The third-order valence-corrected chi connectivity index (χ3v) is 5.09. The van der Waals surface area contributed by atoms with E-state index < -0.39 is 0 Å². The van der Waals surface area contributed by atoms with Gasteiger partial charge >= 0.3 is 0 Å². The van der Waals surface area contributed by atoms with Crippen LogP contribution in [0.4, 0.5) is 0 Å². The van der Waals surface area contributed by atoms with Gasteiger partial charge in [0.25, 0.3) is 0 Å². The maximum Gasteiger partial charge on any atom is 0.0482 e. The Morgan fingerprint density at radius 3 is 2.85 bits per heavy atom. The highest BCUT2D eigenvalue weighted by Gasteiger charge is 2.27. The van der Waals surface area contributed by atoms with Gasteiger partial charge in [0.1, 0.15) is 0 Å². The Hall–Kier alpha value is -0.420. The summed E-state index contributed by atoms with van der Waals surface area (Å²) in [6.45, 7) is 5.12. The number of likely N-dealkylation sites (tertiary alicyclic amines) is 1. The highest BCUT2D eigenvalue weighted by Crippen LogP contribution is 2.30. The van der Waals surface area contributed by atoms with Gasteiger partial charge in [-0.15, -0.1) is 0 Å². The monoisotopic (exact) mass is 339 g/mol. The summed E-state index contributed by atoms with van der Waals surface area (Å²) < 4.78 is 1.17. The van der Waals surface area contributed by atoms with E-state index in [1.807, 2.05) is 0 Å². The average Bonchev–Trinajstić information content (AvgIpc) is 2.41. The van der Waals surface area contributed by atoms with Gasteiger partial charge in [0.05, 0.1) is 0 Å². The van der Waals surface area contributed by atoms with E-state index in [9.17, 15) is 0 Å². The van der Waals surface area contributed by atoms with Crippen molar-refractivity contribution in [1.82, 2.24) is 9.80 Å². The molecule has 2 rings (SSSR count). The predicted molar refractivity (Wildman–Crippen MR) is 89.0 cm³/mol. The molecular formula is C16H26BrN3. The first-order valence-corrected chi connectivity index (χ1v) is 8.18. The molecule has 3 nitrogen and oxygen atoms in total. The van der Waals surface area contributed by atoms with Crippen molar-refractivity contribution in [3.8, 4) is 0 Å². The molecule has 1 aliphatic rings. The molecule has 1 aromatic rings. The Morgan fingerprint density at radius 2 is 2.25 bits per heavy atom. The number of hydrogen-bond donors (Lipinski definition) is 1. The molecule has 4 heteroatoms. The topological polar surface area (TPSA) is 32.5 Å². The zero-order chi connectivity index (χ0) is 14.7. The van der Waals surface area contributed by atoms with E-state index in [0.717, 1.165) is 6.54 Å². The van der Waals surface area contributed by atoms with Crippen LogP contribution < -0.4 is 5.73 Å². The van der Waals surface area contributed by atoms with E-state index in [4.69, 9.17) is 5.73 Å². The van der Waals surface area contributed by atoms with Gasteiger partial charge in [-0.05, 0) is 57.6 Å². The van der Waals surface area contributed by atoms with Crippen LogP contribution in [0.15, 0.2) is 22.7 Å². The van der Waals surface area contributed by atoms with Gasteiger partial charge < -0.3 is 10.6 Å². The molecule has 1 heterocycles. The SMILES string of the molecule is Cc1ccc(C(CN)N(C)C2CCCN(C)C2)c(Br)c1. The summed E-state index contributed by atoms with van der Waals surface area (Å²) in [6, 6.07) is 7.43. The Bertz CT molecular complexity index is 449. The Kier molecular flexibility index (Phi) is 5.61. The number of nitrogens with two attached hydrogens (primary N) is 1. The number of benzene rings is 1. The maximum absolute atomic E-state index is 6.08. The maximum atomic E-state index is 6.08. The number of nitrogens with zero attached hydrogens (tertiary/aromatic N) is 2. The molecule has 2 atom stereocenters. The van der Waals surface area contributed by atoms with Crippen molar-refractivity contribution in [2.24, 2.45) is 5.73 Å². The van der Waals surface area contributed by atoms with Crippen molar-refractivity contribution >= 4 is 15.9 Å². The van der Waals surface area contributed by atoms with Gasteiger partial charge in [0.2, 0.25) is 0 Å². The molecule has 0 radical (unpaired) electrons. The lowest BCUT2D eigenvalue weighted by Gasteiger charge is -2.40. The van der Waals surface area contributed by atoms with Crippen LogP contribution in [0.25, 0.3) is 0 Å². The first kappa shape index (κ1) is 16.0. The fraction of sp³-hybridized carbons (Fsp3) is 0.625. The minimum atomic E-state index is 0.279. The van der Waals surface area contributed by atoms with E-state index in [-0.39, 0.29) is 6.04 Å². The summed E-state index contributed by atoms with van der Waals surface area (Å²) in [6.07, 6.45) is 2.54. The van der Waals surface area contributed by atoms with Crippen LogP contribution in [0.3, 0.4) is 0 Å². The predicted octanol–water partition coefficient (Wildman–Crippen LogP) is 2.78. The van der Waals surface area contributed by atoms with E-state index in [2.05, 4.69) is 64.9 Å². The summed E-state index contributed by atoms with van der Waals surface area (Å²) in [4.78, 5) is 4.88. The third kappa shape index (κ3) is 3.61. The fourth-order valence-electron chi connectivity index (χ4n) is 3.14. The van der Waals surface area contributed by atoms with E-state index in [1.54, 1.807) is 0 Å². The van der Waals surface area contributed by atoms with Gasteiger partial charge in [-0.1, -0.05) is 28.1 Å². The van der Waals surface area contributed by atoms with E-state index in [0.29, 0.717) is 12.6 Å². The lowest BCUT2D eigenvalue weighted by atomic mass is 9.99. The second-order valence-corrected chi connectivity index (χ2v) is 6.85. The van der Waals surface area contributed by atoms with Crippen molar-refractivity contribution in [3.63, 3.8) is 0 Å². The van der Waals surface area contributed by atoms with Crippen LogP contribution in [0, 0.1) is 6.92 Å². The molecule has 1 aromatic carbocycles. The number of aryl methyl sites for hydroxylation is 1. The normalized spacial score (nSPS) is 22.2. The van der Waals surface area contributed by atoms with Crippen LogP contribution in [0.2, 0.25) is 0 Å². The molecule has 0 amide bonds. The zero-order valence-corrected chi connectivity index (χ0v) is 14.4. The third-order valence-electron chi connectivity index (χ3n) is 4.41. The zero-order valence-electron chi connectivity index (χ0n) is 12.8. The van der Waals surface area contributed by atoms with E-state index in [1.165, 1.54) is 35.0 Å². The summed E-state index contributed by atoms with van der Waals surface area (Å²) >= 11 is 3.70. The Morgan fingerprint density at radius 1 is 1.50 bits per heavy atom. The molecule has 0 aromatic heterocycles. The molecule has 1 saturated heterocycles. The average molecular weight is 340 g/mol. The van der Waals surface area contributed by atoms with Crippen molar-refractivity contribution < 1.29 is 0 Å². The second-order valence-electron chi connectivity index (χ2n) is 6.00. The highest BCUT2D eigenvalue weighted by molar-refractivity contribution is 9.10. The summed E-state index contributed by atoms with van der Waals surface area (Å²) in [5.41, 5.74) is 8.65. The first-order valence-electron chi connectivity index (χ1n) is 7.39. The summed E-state index contributed by atoms with van der Waals surface area (Å²) in [5, 5.41) is 0. The smallest absolute Gasteiger partial charge is 0.0482 e. The van der Waals surface area contributed by atoms with Crippen molar-refractivity contribution in [1.29, 1.82) is 0 Å². The molecule has 0 spiro atoms. The number of rotatable bonds is 4. The van der Waals surface area contributed by atoms with Gasteiger partial charge in [-0.3, -0.25) is 4.90 Å². The van der Waals surface area contributed by atoms with Crippen molar-refractivity contribution in [2.75, 3.05) is 33.7 Å². The van der Waals surface area contributed by atoms with E-state index >= 15 is 0 Å². The number of halogens is 1. The molecule has 0 saturated carbocycles. The van der Waals surface area contributed by atoms with Gasteiger partial charge in [0.15, 0.2) is 0 Å². The lowest BCUT2D eigenvalue weighted by molar-refractivity contribution is 0.101. The first-order chi connectivity index (χ1) is 9.52. The Balaban J connectivity index is 2.18. The molecule has 20 heavy (non-hydrogen) atoms. The number of likely N-dealkylation sites (N-methyl/N-ethyl adjacent to an activating group) is 2. The Labute approximate surface area is 131 Å². The minimum absolute atomic E-state index is 0.279. The minimum Gasteiger partial charge on any atom is -0.329 e. The molecule has 1 aliphatic heterocycles. The lowest BCUT2D eigenvalue weighted by Crippen LogP contribution is -2.47. The van der Waals surface area contributed by atoms with Crippen LogP contribution in [0.1, 0.15) is 30.0 Å². The van der Waals surface area contributed by atoms with Gasteiger partial charge in [0, 0.05) is 29.6 Å². The van der Waals surface area contributed by atoms with Crippen molar-refractivity contribution in [2.45, 2.75) is 31.8 Å². The standard InChI is InChI=1S/C16H26BrN3/c1-12-6-7-14(15(17)9-12)16(10-18)20(3)13-5-4-8-19(2)11-13/h6-7,9,13,16H,4-5,8,10-11,18H2,1-3H3. The van der Waals surface area contributed by atoms with Crippen molar-refractivity contribution in [3.05, 3.63) is 33.8 Å². The molecule has 1 fully saturated rings. The van der Waals surface area contributed by atoms with Crippen LogP contribution in [-0.2, 0) is 0 Å². The molecule has 0 bridgehead atoms. The number of hydrogen-bond acceptors (Lipinski definition) is 3. The van der Waals surface area contributed by atoms with Crippen LogP contribution in [0.5, 0.6) is 0 Å². The fourth-order valence-corrected chi connectivity index (χ4v) is 3.90. The molecule has 2 N–H and O–H groups in total. The largest absolute Gasteiger partial charge is 0.329 e. The van der Waals surface area contributed by atoms with Crippen LogP contribution in [-0.4, -0.2) is 49.6 Å². The van der Waals surface area contributed by atoms with Gasteiger partial charge in [-0.2, -0.15) is 0 Å². The quantitative estimate of drug-likeness (QED) is 0.915. The molecular weight excluding hydrogens is 314 g/mol. The molecule has 2 unspecified atom stereocenters. The molecule has 112 valence electrons. The molecule has 0 aliphatic carbocycles. The summed E-state index contributed by atoms with van der Waals surface area (Å²) in [5.74, 6) is 0. The second kappa shape index (κ2) is 7.03.